The van der Waals surface area contributed by atoms with Crippen LogP contribution >= 0.6 is 11.6 Å². The largest absolute Gasteiger partial charge is 0.298 e. The molecule has 30 heavy (non-hydrogen) atoms. The van der Waals surface area contributed by atoms with E-state index in [1.165, 1.54) is 12.1 Å². The summed E-state index contributed by atoms with van der Waals surface area (Å²) in [7, 11) is 1.94. The summed E-state index contributed by atoms with van der Waals surface area (Å²) in [6.07, 6.45) is 1.75. The van der Waals surface area contributed by atoms with Gasteiger partial charge in [0, 0.05) is 29.3 Å². The van der Waals surface area contributed by atoms with Crippen molar-refractivity contribution >= 4 is 29.0 Å². The number of allylic oxidation sites excluding steroid dienone is 1. The van der Waals surface area contributed by atoms with Crippen molar-refractivity contribution in [1.29, 1.82) is 0 Å². The Morgan fingerprint density at radius 2 is 1.73 bits per heavy atom. The van der Waals surface area contributed by atoms with Crippen LogP contribution in [0, 0.1) is 5.82 Å². The zero-order valence-electron chi connectivity index (χ0n) is 16.8. The highest BCUT2D eigenvalue weighted by molar-refractivity contribution is 6.32. The lowest BCUT2D eigenvalue weighted by Gasteiger charge is -2.18. The van der Waals surface area contributed by atoms with Crippen molar-refractivity contribution in [3.05, 3.63) is 119 Å². The number of halogens is 2. The maximum Gasteiger partial charge on any atom is 0.190 e. The van der Waals surface area contributed by atoms with Crippen LogP contribution in [0.3, 0.4) is 0 Å². The predicted octanol–water partition coefficient (Wildman–Crippen LogP) is 6.28. The third-order valence-corrected chi connectivity index (χ3v) is 4.89. The Labute approximate surface area is 181 Å². The number of carbonyl (C=O) groups is 1. The van der Waals surface area contributed by atoms with Crippen LogP contribution in [-0.2, 0) is 11.3 Å². The second kappa shape index (κ2) is 10.1. The number of hydrogen-bond donors (Lipinski definition) is 0. The molecule has 0 fully saturated rings. The molecule has 4 heteroatoms. The summed E-state index contributed by atoms with van der Waals surface area (Å²) >= 11 is 5.97. The number of ketones is 1. The predicted molar refractivity (Wildman–Crippen MR) is 123 cm³/mol. The van der Waals surface area contributed by atoms with Gasteiger partial charge in [0.15, 0.2) is 5.78 Å². The first-order chi connectivity index (χ1) is 14.4. The third kappa shape index (κ3) is 5.99. The van der Waals surface area contributed by atoms with E-state index in [4.69, 9.17) is 11.6 Å². The summed E-state index contributed by atoms with van der Waals surface area (Å²) in [5.41, 5.74) is 3.31. The molecule has 0 aliphatic rings. The maximum atomic E-state index is 13.8. The molecule has 0 aliphatic heterocycles. The van der Waals surface area contributed by atoms with E-state index < -0.39 is 5.82 Å². The minimum atomic E-state index is -0.394. The van der Waals surface area contributed by atoms with Crippen LogP contribution in [0.5, 0.6) is 0 Å². The molecule has 2 nitrogen and oxygen atoms in total. The van der Waals surface area contributed by atoms with Crippen LogP contribution in [0.15, 0.2) is 91.0 Å². The molecule has 0 atom stereocenters. The fourth-order valence-corrected chi connectivity index (χ4v) is 3.33. The molecule has 152 valence electrons. The lowest BCUT2D eigenvalue weighted by Crippen LogP contribution is -2.23. The van der Waals surface area contributed by atoms with E-state index in [1.807, 2.05) is 54.4 Å². The Hall–Kier alpha value is -3.01. The molecule has 0 N–H and O–H groups in total. The zero-order valence-corrected chi connectivity index (χ0v) is 17.6. The number of likely N-dealkylation sites (N-methyl/N-ethyl adjacent to an activating group) is 1. The summed E-state index contributed by atoms with van der Waals surface area (Å²) in [5, 5.41) is 0.609. The molecular weight excluding hydrogens is 397 g/mol. The fourth-order valence-electron chi connectivity index (χ4n) is 3.20. The standard InChI is InChI=1S/C26H23ClFNO/c1-19(17-29(2)18-21-7-4-3-5-8-21)26(30)25(22-9-6-10-24(28)16-22)15-20-11-13-23(27)14-12-20/h3-16H,1,17-18H2,2H3/b25-15+. The lowest BCUT2D eigenvalue weighted by atomic mass is 9.95. The van der Waals surface area contributed by atoms with Crippen molar-refractivity contribution in [2.45, 2.75) is 6.54 Å². The van der Waals surface area contributed by atoms with Gasteiger partial charge in [-0.15, -0.1) is 0 Å². The Kier molecular flexibility index (Phi) is 7.34. The highest BCUT2D eigenvalue weighted by atomic mass is 35.5. The van der Waals surface area contributed by atoms with Gasteiger partial charge >= 0.3 is 0 Å². The second-order valence-corrected chi connectivity index (χ2v) is 7.65. The van der Waals surface area contributed by atoms with E-state index in [1.54, 1.807) is 30.3 Å². The van der Waals surface area contributed by atoms with Gasteiger partial charge in [-0.1, -0.05) is 72.8 Å². The summed E-state index contributed by atoms with van der Waals surface area (Å²) < 4.78 is 13.8. The average Bonchev–Trinajstić information content (AvgIpc) is 2.73. The van der Waals surface area contributed by atoms with Crippen LogP contribution in [0.25, 0.3) is 11.6 Å². The highest BCUT2D eigenvalue weighted by Crippen LogP contribution is 2.24. The van der Waals surface area contributed by atoms with Crippen molar-refractivity contribution in [1.82, 2.24) is 4.90 Å². The Balaban J connectivity index is 1.84. The lowest BCUT2D eigenvalue weighted by molar-refractivity contribution is -0.110. The quantitative estimate of drug-likeness (QED) is 0.316. The minimum absolute atomic E-state index is 0.213. The van der Waals surface area contributed by atoms with Gasteiger partial charge in [-0.2, -0.15) is 0 Å². The molecule has 0 saturated carbocycles. The summed E-state index contributed by atoms with van der Waals surface area (Å²) in [5.74, 6) is -0.607. The molecule has 0 unspecified atom stereocenters. The third-order valence-electron chi connectivity index (χ3n) is 4.64. The zero-order chi connectivity index (χ0) is 21.5. The van der Waals surface area contributed by atoms with Crippen LogP contribution in [0.4, 0.5) is 4.39 Å². The van der Waals surface area contributed by atoms with Gasteiger partial charge in [-0.05, 0) is 54.1 Å². The van der Waals surface area contributed by atoms with Crippen molar-refractivity contribution in [2.75, 3.05) is 13.6 Å². The van der Waals surface area contributed by atoms with Gasteiger partial charge in [0.1, 0.15) is 5.82 Å². The monoisotopic (exact) mass is 419 g/mol. The van der Waals surface area contributed by atoms with Crippen molar-refractivity contribution in [3.63, 3.8) is 0 Å². The van der Waals surface area contributed by atoms with Gasteiger partial charge in [0.2, 0.25) is 0 Å². The maximum absolute atomic E-state index is 13.8. The van der Waals surface area contributed by atoms with E-state index in [0.29, 0.717) is 34.8 Å². The Morgan fingerprint density at radius 3 is 2.40 bits per heavy atom. The number of Topliss-reactive ketones (excluding diaryl/α,β-unsaturated/α-hetero) is 1. The number of nitrogens with zero attached hydrogens (tertiary/aromatic N) is 1. The Bertz CT molecular complexity index is 1060. The molecule has 0 amide bonds. The van der Waals surface area contributed by atoms with E-state index in [9.17, 15) is 9.18 Å². The molecule has 0 bridgehead atoms. The van der Waals surface area contributed by atoms with Crippen molar-refractivity contribution in [2.24, 2.45) is 0 Å². The Morgan fingerprint density at radius 1 is 1.03 bits per heavy atom. The molecule has 0 aromatic heterocycles. The number of rotatable bonds is 8. The molecule has 3 aromatic carbocycles. The van der Waals surface area contributed by atoms with Gasteiger partial charge in [-0.3, -0.25) is 9.69 Å². The molecular formula is C26H23ClFNO. The number of carbonyl (C=O) groups excluding carboxylic acids is 1. The van der Waals surface area contributed by atoms with Gasteiger partial charge in [-0.25, -0.2) is 4.39 Å². The van der Waals surface area contributed by atoms with Gasteiger partial charge < -0.3 is 0 Å². The van der Waals surface area contributed by atoms with E-state index in [0.717, 1.165) is 11.1 Å². The van der Waals surface area contributed by atoms with E-state index in [2.05, 4.69) is 6.58 Å². The molecule has 3 aromatic rings. The van der Waals surface area contributed by atoms with Crippen LogP contribution in [-0.4, -0.2) is 24.3 Å². The van der Waals surface area contributed by atoms with Crippen LogP contribution < -0.4 is 0 Å². The van der Waals surface area contributed by atoms with Crippen LogP contribution in [0.1, 0.15) is 16.7 Å². The second-order valence-electron chi connectivity index (χ2n) is 7.21. The van der Waals surface area contributed by atoms with Crippen LogP contribution in [0.2, 0.25) is 5.02 Å². The molecule has 0 radical (unpaired) electrons. The van der Waals surface area contributed by atoms with Crippen molar-refractivity contribution in [3.8, 4) is 0 Å². The average molecular weight is 420 g/mol. The SMILES string of the molecule is C=C(CN(C)Cc1ccccc1)C(=O)/C(=C/c1ccc(Cl)cc1)c1cccc(F)c1. The molecule has 3 rings (SSSR count). The summed E-state index contributed by atoms with van der Waals surface area (Å²) in [6, 6.07) is 23.2. The van der Waals surface area contributed by atoms with Crippen molar-refractivity contribution < 1.29 is 9.18 Å². The first kappa shape index (κ1) is 21.7. The first-order valence-electron chi connectivity index (χ1n) is 9.60. The normalized spacial score (nSPS) is 11.5. The van der Waals surface area contributed by atoms with Gasteiger partial charge in [0.25, 0.3) is 0 Å². The molecule has 0 saturated heterocycles. The summed E-state index contributed by atoms with van der Waals surface area (Å²) in [6.45, 7) is 5.12. The smallest absolute Gasteiger partial charge is 0.190 e. The molecule has 0 spiro atoms. The van der Waals surface area contributed by atoms with E-state index >= 15 is 0 Å². The fraction of sp³-hybridized carbons (Fsp3) is 0.115. The number of hydrogen-bond acceptors (Lipinski definition) is 2. The first-order valence-corrected chi connectivity index (χ1v) is 9.98. The molecule has 0 heterocycles. The number of benzene rings is 3. The topological polar surface area (TPSA) is 20.3 Å². The van der Waals surface area contributed by atoms with Gasteiger partial charge in [0.05, 0.1) is 0 Å². The highest BCUT2D eigenvalue weighted by Gasteiger charge is 2.18. The molecule has 0 aliphatic carbocycles. The minimum Gasteiger partial charge on any atom is -0.298 e. The van der Waals surface area contributed by atoms with E-state index in [-0.39, 0.29) is 5.78 Å². The summed E-state index contributed by atoms with van der Waals surface area (Å²) in [4.78, 5) is 15.3.